The Labute approximate surface area is 92.9 Å². The van der Waals surface area contributed by atoms with Crippen LogP contribution in [-0.2, 0) is 14.4 Å². The van der Waals surface area contributed by atoms with E-state index in [1.54, 1.807) is 11.8 Å². The van der Waals surface area contributed by atoms with Crippen LogP contribution in [0.15, 0.2) is 12.2 Å². The number of likely N-dealkylation sites (tertiary alicyclic amines) is 1. The van der Waals surface area contributed by atoms with Crippen molar-refractivity contribution in [3.8, 4) is 0 Å². The maximum Gasteiger partial charge on any atom is 0.328 e. The fourth-order valence-corrected chi connectivity index (χ4v) is 1.56. The highest BCUT2D eigenvalue weighted by atomic mass is 16.4. The largest absolute Gasteiger partial charge is 0.478 e. The van der Waals surface area contributed by atoms with Crippen molar-refractivity contribution in [1.29, 1.82) is 0 Å². The van der Waals surface area contributed by atoms with E-state index in [0.717, 1.165) is 18.6 Å². The van der Waals surface area contributed by atoms with E-state index >= 15 is 0 Å². The minimum atomic E-state index is -1.18. The summed E-state index contributed by atoms with van der Waals surface area (Å²) in [5, 5.41) is 10.8. The lowest BCUT2D eigenvalue weighted by molar-refractivity contribution is -0.133. The van der Waals surface area contributed by atoms with Gasteiger partial charge < -0.3 is 15.3 Å². The second kappa shape index (κ2) is 5.29. The monoisotopic (exact) mass is 226 g/mol. The van der Waals surface area contributed by atoms with E-state index in [9.17, 15) is 14.4 Å². The first-order valence-electron chi connectivity index (χ1n) is 5.01. The summed E-state index contributed by atoms with van der Waals surface area (Å²) in [4.78, 5) is 34.3. The molecule has 0 aliphatic carbocycles. The molecule has 0 bridgehead atoms. The quantitative estimate of drug-likeness (QED) is 0.645. The van der Waals surface area contributed by atoms with Crippen LogP contribution in [0.2, 0.25) is 0 Å². The van der Waals surface area contributed by atoms with Crippen LogP contribution in [0.25, 0.3) is 0 Å². The lowest BCUT2D eigenvalue weighted by Gasteiger charge is -2.24. The lowest BCUT2D eigenvalue weighted by atomic mass is 10.4. The van der Waals surface area contributed by atoms with Crippen LogP contribution in [-0.4, -0.2) is 40.5 Å². The summed E-state index contributed by atoms with van der Waals surface area (Å²) in [7, 11) is 0. The zero-order valence-corrected chi connectivity index (χ0v) is 8.97. The Morgan fingerprint density at radius 2 is 2.19 bits per heavy atom. The van der Waals surface area contributed by atoms with Crippen LogP contribution >= 0.6 is 0 Å². The Morgan fingerprint density at radius 1 is 1.50 bits per heavy atom. The highest BCUT2D eigenvalue weighted by Crippen LogP contribution is 2.11. The molecule has 0 spiro atoms. The van der Waals surface area contributed by atoms with Gasteiger partial charge in [-0.15, -0.1) is 0 Å². The molecule has 1 atom stereocenters. The summed E-state index contributed by atoms with van der Waals surface area (Å²) in [5.41, 5.74) is 0. The van der Waals surface area contributed by atoms with Gasteiger partial charge in [0, 0.05) is 25.1 Å². The van der Waals surface area contributed by atoms with Crippen molar-refractivity contribution in [2.24, 2.45) is 0 Å². The SMILES string of the molecule is CC(NC(=O)/C=C\C(=O)O)N1CCCC1=O. The van der Waals surface area contributed by atoms with E-state index in [0.29, 0.717) is 13.0 Å². The van der Waals surface area contributed by atoms with E-state index in [1.807, 2.05) is 0 Å². The zero-order valence-electron chi connectivity index (χ0n) is 8.97. The number of nitrogens with zero attached hydrogens (tertiary/aromatic N) is 1. The van der Waals surface area contributed by atoms with E-state index in [1.165, 1.54) is 0 Å². The molecule has 0 aromatic carbocycles. The van der Waals surface area contributed by atoms with Crippen molar-refractivity contribution in [2.45, 2.75) is 25.9 Å². The van der Waals surface area contributed by atoms with Crippen LogP contribution < -0.4 is 5.32 Å². The molecule has 0 radical (unpaired) electrons. The van der Waals surface area contributed by atoms with Crippen LogP contribution in [0.5, 0.6) is 0 Å². The number of hydrogen-bond acceptors (Lipinski definition) is 3. The van der Waals surface area contributed by atoms with Gasteiger partial charge >= 0.3 is 5.97 Å². The van der Waals surface area contributed by atoms with Gasteiger partial charge in [-0.2, -0.15) is 0 Å². The fraction of sp³-hybridized carbons (Fsp3) is 0.500. The Morgan fingerprint density at radius 3 is 2.69 bits per heavy atom. The number of carboxylic acids is 1. The molecule has 1 aliphatic rings. The zero-order chi connectivity index (χ0) is 12.1. The van der Waals surface area contributed by atoms with Gasteiger partial charge in [-0.3, -0.25) is 9.59 Å². The maximum atomic E-state index is 11.3. The third-order valence-corrected chi connectivity index (χ3v) is 2.31. The smallest absolute Gasteiger partial charge is 0.328 e. The predicted octanol–water partition coefficient (Wildman–Crippen LogP) is -0.288. The Hall–Kier alpha value is -1.85. The maximum absolute atomic E-state index is 11.3. The molecule has 0 saturated carbocycles. The van der Waals surface area contributed by atoms with E-state index in [2.05, 4.69) is 5.32 Å². The van der Waals surface area contributed by atoms with Gasteiger partial charge in [0.05, 0.1) is 0 Å². The molecule has 1 heterocycles. The standard InChI is InChI=1S/C10H14N2O4/c1-7(12-6-2-3-9(12)14)11-8(13)4-5-10(15)16/h4-5,7H,2-3,6H2,1H3,(H,11,13)(H,15,16)/b5-4-. The van der Waals surface area contributed by atoms with Crippen LogP contribution in [0.3, 0.4) is 0 Å². The number of rotatable bonds is 4. The highest BCUT2D eigenvalue weighted by molar-refractivity contribution is 5.94. The molecule has 1 rings (SSSR count). The summed E-state index contributed by atoms with van der Waals surface area (Å²) in [6.45, 7) is 2.32. The molecule has 2 amide bonds. The number of aliphatic carboxylic acids is 1. The predicted molar refractivity (Wildman–Crippen MR) is 55.3 cm³/mol. The van der Waals surface area contributed by atoms with Gasteiger partial charge in [0.2, 0.25) is 11.8 Å². The molecule has 0 aromatic rings. The molecule has 0 aromatic heterocycles. The number of hydrogen-bond donors (Lipinski definition) is 2. The summed E-state index contributed by atoms with van der Waals surface area (Å²) in [5.74, 6) is -1.69. The fourth-order valence-electron chi connectivity index (χ4n) is 1.56. The molecular weight excluding hydrogens is 212 g/mol. The third kappa shape index (κ3) is 3.38. The average molecular weight is 226 g/mol. The molecule has 16 heavy (non-hydrogen) atoms. The number of nitrogens with one attached hydrogen (secondary N) is 1. The summed E-state index contributed by atoms with van der Waals surface area (Å²) in [6.07, 6.45) is 2.59. The lowest BCUT2D eigenvalue weighted by Crippen LogP contribution is -2.46. The van der Waals surface area contributed by atoms with Crippen molar-refractivity contribution in [3.63, 3.8) is 0 Å². The van der Waals surface area contributed by atoms with E-state index in [-0.39, 0.29) is 5.91 Å². The van der Waals surface area contributed by atoms with Gasteiger partial charge in [0.1, 0.15) is 6.17 Å². The minimum absolute atomic E-state index is 0.00927. The highest BCUT2D eigenvalue weighted by Gasteiger charge is 2.25. The number of carbonyl (C=O) groups is 3. The van der Waals surface area contributed by atoms with Crippen LogP contribution in [0, 0.1) is 0 Å². The van der Waals surface area contributed by atoms with Crippen molar-refractivity contribution in [1.82, 2.24) is 10.2 Å². The van der Waals surface area contributed by atoms with E-state index in [4.69, 9.17) is 5.11 Å². The van der Waals surface area contributed by atoms with Gasteiger partial charge in [0.25, 0.3) is 0 Å². The first-order chi connectivity index (χ1) is 7.50. The molecule has 1 aliphatic heterocycles. The van der Waals surface area contributed by atoms with Crippen LogP contribution in [0.4, 0.5) is 0 Å². The summed E-state index contributed by atoms with van der Waals surface area (Å²) >= 11 is 0. The average Bonchev–Trinajstić information content (AvgIpc) is 2.61. The third-order valence-electron chi connectivity index (χ3n) is 2.31. The first kappa shape index (κ1) is 12.2. The van der Waals surface area contributed by atoms with Crippen molar-refractivity contribution >= 4 is 17.8 Å². The van der Waals surface area contributed by atoms with Gasteiger partial charge in [-0.25, -0.2) is 4.79 Å². The minimum Gasteiger partial charge on any atom is -0.478 e. The summed E-state index contributed by atoms with van der Waals surface area (Å²) in [6, 6.07) is 0. The molecule has 1 saturated heterocycles. The van der Waals surface area contributed by atoms with Gasteiger partial charge in [-0.05, 0) is 13.3 Å². The molecule has 1 unspecified atom stereocenters. The Bertz CT molecular complexity index is 338. The molecule has 1 fully saturated rings. The first-order valence-corrected chi connectivity index (χ1v) is 5.01. The van der Waals surface area contributed by atoms with Crippen molar-refractivity contribution < 1.29 is 19.5 Å². The van der Waals surface area contributed by atoms with Crippen LogP contribution in [0.1, 0.15) is 19.8 Å². The molecular formula is C10H14N2O4. The topological polar surface area (TPSA) is 86.7 Å². The van der Waals surface area contributed by atoms with E-state index < -0.39 is 18.0 Å². The Kier molecular flexibility index (Phi) is 4.04. The second-order valence-corrected chi connectivity index (χ2v) is 3.55. The van der Waals surface area contributed by atoms with Crippen molar-refractivity contribution in [3.05, 3.63) is 12.2 Å². The molecule has 6 heteroatoms. The Balaban J connectivity index is 2.44. The number of amides is 2. The summed E-state index contributed by atoms with van der Waals surface area (Å²) < 4.78 is 0. The number of carbonyl (C=O) groups excluding carboxylic acids is 2. The van der Waals surface area contributed by atoms with Crippen molar-refractivity contribution in [2.75, 3.05) is 6.54 Å². The molecule has 2 N–H and O–H groups in total. The van der Waals surface area contributed by atoms with Gasteiger partial charge in [-0.1, -0.05) is 0 Å². The molecule has 6 nitrogen and oxygen atoms in total. The van der Waals surface area contributed by atoms with Gasteiger partial charge in [0.15, 0.2) is 0 Å². The number of carboxylic acid groups (broad SMARTS) is 1. The molecule has 88 valence electrons. The second-order valence-electron chi connectivity index (χ2n) is 3.55. The normalized spacial score (nSPS) is 17.8.